The number of fused-ring (bicyclic) bond motifs is 1. The van der Waals surface area contributed by atoms with Crippen LogP contribution in [0.3, 0.4) is 0 Å². The molecular formula is C20H30O5. The van der Waals surface area contributed by atoms with E-state index in [4.69, 9.17) is 18.9 Å². The van der Waals surface area contributed by atoms with Crippen LogP contribution in [0.25, 0.3) is 0 Å². The molecule has 3 rings (SSSR count). The average molecular weight is 350 g/mol. The van der Waals surface area contributed by atoms with Crippen LogP contribution in [0, 0.1) is 6.92 Å². The number of ether oxygens (including phenoxy) is 4. The van der Waals surface area contributed by atoms with Crippen molar-refractivity contribution in [3.8, 4) is 0 Å². The second-order valence-electron chi connectivity index (χ2n) is 7.48. The summed E-state index contributed by atoms with van der Waals surface area (Å²) in [6, 6.07) is 8.15. The molecule has 0 aliphatic carbocycles. The lowest BCUT2D eigenvalue weighted by atomic mass is 10.0. The Labute approximate surface area is 150 Å². The van der Waals surface area contributed by atoms with Crippen LogP contribution >= 0.6 is 0 Å². The molecule has 2 saturated heterocycles. The first-order valence-corrected chi connectivity index (χ1v) is 9.26. The molecule has 2 fully saturated rings. The van der Waals surface area contributed by atoms with E-state index < -0.39 is 24.3 Å². The SMILES string of the molecule is CCCC[C@H](O)[C@H]1O[C@@H]2OC(C)(C)O[C@@H]2[C@H]1OCc1ccccc1C. The van der Waals surface area contributed by atoms with Gasteiger partial charge in [0.05, 0.1) is 12.7 Å². The number of aliphatic hydroxyl groups is 1. The standard InChI is InChI=1S/C20H30O5/c1-5-6-11-15(21)16-17(18-19(23-16)25-20(3,4)24-18)22-12-14-10-8-7-9-13(14)2/h7-10,15-19,21H,5-6,11-12H2,1-4H3/t15-,16+,17-,18+,19+/m0/s1. The van der Waals surface area contributed by atoms with Crippen LogP contribution in [0.5, 0.6) is 0 Å². The maximum absolute atomic E-state index is 10.6. The Hall–Kier alpha value is -0.980. The molecule has 1 N–H and O–H groups in total. The van der Waals surface area contributed by atoms with Crippen LogP contribution in [-0.4, -0.2) is 41.6 Å². The third-order valence-electron chi connectivity index (χ3n) is 4.95. The Morgan fingerprint density at radius 3 is 2.72 bits per heavy atom. The van der Waals surface area contributed by atoms with Crippen molar-refractivity contribution in [2.75, 3.05) is 0 Å². The van der Waals surface area contributed by atoms with Gasteiger partial charge in [-0.3, -0.25) is 0 Å². The summed E-state index contributed by atoms with van der Waals surface area (Å²) in [5.41, 5.74) is 2.32. The molecule has 0 radical (unpaired) electrons. The number of rotatable bonds is 7. The molecule has 5 atom stereocenters. The molecular weight excluding hydrogens is 320 g/mol. The fourth-order valence-electron chi connectivity index (χ4n) is 3.54. The van der Waals surface area contributed by atoms with Gasteiger partial charge in [-0.25, -0.2) is 0 Å². The Bertz CT molecular complexity index is 573. The highest BCUT2D eigenvalue weighted by molar-refractivity contribution is 5.24. The molecule has 1 aromatic rings. The van der Waals surface area contributed by atoms with Crippen molar-refractivity contribution in [2.45, 2.75) is 90.1 Å². The molecule has 5 nitrogen and oxygen atoms in total. The Balaban J connectivity index is 1.71. The second kappa shape index (κ2) is 7.72. The number of hydrogen-bond donors (Lipinski definition) is 1. The summed E-state index contributed by atoms with van der Waals surface area (Å²) in [4.78, 5) is 0. The van der Waals surface area contributed by atoms with Crippen molar-refractivity contribution in [1.82, 2.24) is 0 Å². The fraction of sp³-hybridized carbons (Fsp3) is 0.700. The molecule has 0 spiro atoms. The smallest absolute Gasteiger partial charge is 0.190 e. The first kappa shape index (κ1) is 18.8. The topological polar surface area (TPSA) is 57.2 Å². The first-order valence-electron chi connectivity index (χ1n) is 9.26. The van der Waals surface area contributed by atoms with Gasteiger partial charge in [-0.15, -0.1) is 0 Å². The van der Waals surface area contributed by atoms with E-state index in [9.17, 15) is 5.11 Å². The van der Waals surface area contributed by atoms with Crippen LogP contribution < -0.4 is 0 Å². The normalized spacial score (nSPS) is 31.9. The maximum Gasteiger partial charge on any atom is 0.190 e. The predicted molar refractivity (Wildman–Crippen MR) is 94.0 cm³/mol. The van der Waals surface area contributed by atoms with Gasteiger partial charge in [-0.05, 0) is 38.3 Å². The van der Waals surface area contributed by atoms with Crippen LogP contribution in [0.4, 0.5) is 0 Å². The van der Waals surface area contributed by atoms with E-state index in [-0.39, 0.29) is 12.2 Å². The third-order valence-corrected chi connectivity index (χ3v) is 4.95. The molecule has 5 heteroatoms. The zero-order valence-electron chi connectivity index (χ0n) is 15.6. The average Bonchev–Trinajstić information content (AvgIpc) is 3.04. The number of aliphatic hydroxyl groups excluding tert-OH is 1. The quantitative estimate of drug-likeness (QED) is 0.818. The van der Waals surface area contributed by atoms with Gasteiger partial charge in [-0.1, -0.05) is 44.0 Å². The van der Waals surface area contributed by atoms with Gasteiger partial charge in [0, 0.05) is 0 Å². The van der Waals surface area contributed by atoms with E-state index in [2.05, 4.69) is 26.0 Å². The van der Waals surface area contributed by atoms with Crippen LogP contribution in [0.2, 0.25) is 0 Å². The minimum atomic E-state index is -0.695. The van der Waals surface area contributed by atoms with Gasteiger partial charge in [0.15, 0.2) is 12.1 Å². The number of hydrogen-bond acceptors (Lipinski definition) is 5. The summed E-state index contributed by atoms with van der Waals surface area (Å²) in [5, 5.41) is 10.6. The molecule has 25 heavy (non-hydrogen) atoms. The maximum atomic E-state index is 10.6. The van der Waals surface area contributed by atoms with E-state index in [1.54, 1.807) is 0 Å². The predicted octanol–water partition coefficient (Wildman–Crippen LogP) is 3.31. The molecule has 2 aliphatic rings. The highest BCUT2D eigenvalue weighted by atomic mass is 16.8. The van der Waals surface area contributed by atoms with Gasteiger partial charge < -0.3 is 24.1 Å². The van der Waals surface area contributed by atoms with Crippen molar-refractivity contribution < 1.29 is 24.1 Å². The molecule has 0 aromatic heterocycles. The monoisotopic (exact) mass is 350 g/mol. The van der Waals surface area contributed by atoms with Gasteiger partial charge in [0.25, 0.3) is 0 Å². The summed E-state index contributed by atoms with van der Waals surface area (Å²) in [6.07, 6.45) is 0.509. The first-order chi connectivity index (χ1) is 11.9. The van der Waals surface area contributed by atoms with Crippen molar-refractivity contribution in [1.29, 1.82) is 0 Å². The number of unbranched alkanes of at least 4 members (excludes halogenated alkanes) is 1. The Kier molecular flexibility index (Phi) is 5.81. The lowest BCUT2D eigenvalue weighted by Gasteiger charge is -2.28. The molecule has 0 unspecified atom stereocenters. The molecule has 2 heterocycles. The highest BCUT2D eigenvalue weighted by Crippen LogP contribution is 2.40. The Morgan fingerprint density at radius 1 is 1.24 bits per heavy atom. The van der Waals surface area contributed by atoms with Gasteiger partial charge in [0.1, 0.15) is 18.3 Å². The fourth-order valence-corrected chi connectivity index (χ4v) is 3.54. The summed E-state index contributed by atoms with van der Waals surface area (Å²) < 4.78 is 24.0. The number of aryl methyl sites for hydroxylation is 1. The van der Waals surface area contributed by atoms with Crippen LogP contribution in [-0.2, 0) is 25.6 Å². The summed E-state index contributed by atoms with van der Waals surface area (Å²) in [5.74, 6) is -0.695. The van der Waals surface area contributed by atoms with E-state index in [1.165, 1.54) is 5.56 Å². The van der Waals surface area contributed by atoms with Gasteiger partial charge in [-0.2, -0.15) is 0 Å². The zero-order chi connectivity index (χ0) is 18.0. The lowest BCUT2D eigenvalue weighted by molar-refractivity contribution is -0.230. The largest absolute Gasteiger partial charge is 0.390 e. The minimum absolute atomic E-state index is 0.319. The molecule has 140 valence electrons. The van der Waals surface area contributed by atoms with Crippen molar-refractivity contribution in [2.24, 2.45) is 0 Å². The highest BCUT2D eigenvalue weighted by Gasteiger charge is 2.56. The van der Waals surface area contributed by atoms with Crippen LogP contribution in [0.15, 0.2) is 24.3 Å². The second-order valence-corrected chi connectivity index (χ2v) is 7.48. The molecule has 0 saturated carbocycles. The van der Waals surface area contributed by atoms with Crippen molar-refractivity contribution >= 4 is 0 Å². The van der Waals surface area contributed by atoms with Gasteiger partial charge in [0.2, 0.25) is 0 Å². The molecule has 2 aliphatic heterocycles. The molecule has 0 bridgehead atoms. The lowest BCUT2D eigenvalue weighted by Crippen LogP contribution is -2.42. The number of benzene rings is 1. The van der Waals surface area contributed by atoms with Crippen molar-refractivity contribution in [3.05, 3.63) is 35.4 Å². The summed E-state index contributed by atoms with van der Waals surface area (Å²) in [6.45, 7) is 8.38. The Morgan fingerprint density at radius 2 is 2.00 bits per heavy atom. The van der Waals surface area contributed by atoms with Gasteiger partial charge >= 0.3 is 0 Å². The summed E-state index contributed by atoms with van der Waals surface area (Å²) >= 11 is 0. The summed E-state index contributed by atoms with van der Waals surface area (Å²) in [7, 11) is 0. The van der Waals surface area contributed by atoms with E-state index in [1.807, 2.05) is 26.0 Å². The molecule has 0 amide bonds. The molecule has 1 aromatic carbocycles. The van der Waals surface area contributed by atoms with E-state index in [0.29, 0.717) is 13.0 Å². The van der Waals surface area contributed by atoms with E-state index >= 15 is 0 Å². The van der Waals surface area contributed by atoms with Crippen LogP contribution in [0.1, 0.15) is 51.2 Å². The van der Waals surface area contributed by atoms with E-state index in [0.717, 1.165) is 18.4 Å². The minimum Gasteiger partial charge on any atom is -0.390 e. The van der Waals surface area contributed by atoms with Crippen molar-refractivity contribution in [3.63, 3.8) is 0 Å². The zero-order valence-corrected chi connectivity index (χ0v) is 15.6. The third kappa shape index (κ3) is 4.23.